The first-order chi connectivity index (χ1) is 14.7. The topological polar surface area (TPSA) is 49.4 Å². The third-order valence-corrected chi connectivity index (χ3v) is 5.18. The van der Waals surface area contributed by atoms with E-state index in [1.54, 1.807) is 0 Å². The summed E-state index contributed by atoms with van der Waals surface area (Å²) in [5, 5.41) is 2.34. The van der Waals surface area contributed by atoms with Gasteiger partial charge in [0.25, 0.3) is 0 Å². The summed E-state index contributed by atoms with van der Waals surface area (Å²) in [6.07, 6.45) is 2.86. The average molecular weight is 416 g/mol. The number of aryl methyl sites for hydroxylation is 2. The second-order valence-electron chi connectivity index (χ2n) is 6.96. The Balaban J connectivity index is 0.000000172. The van der Waals surface area contributed by atoms with E-state index in [1.807, 2.05) is 36.4 Å². The summed E-state index contributed by atoms with van der Waals surface area (Å²) >= 11 is 0. The Labute approximate surface area is 178 Å². The minimum absolute atomic E-state index is 0.205. The summed E-state index contributed by atoms with van der Waals surface area (Å²) in [6.45, 7) is 0.205. The van der Waals surface area contributed by atoms with Gasteiger partial charge in [-0.3, -0.25) is 0 Å². The molecule has 4 rings (SSSR count). The van der Waals surface area contributed by atoms with Crippen LogP contribution in [-0.2, 0) is 28.4 Å². The number of hydrogen-bond acceptors (Lipinski definition) is 3. The SMILES string of the molecule is O=[P+]([O-])OCCc1ccc2ccccc2c1.c1ccc(CCc2ccccc2)cc1. The fourth-order valence-electron chi connectivity index (χ4n) is 3.21. The lowest BCUT2D eigenvalue weighted by atomic mass is 10.0. The Bertz CT molecular complexity index is 1010. The fourth-order valence-corrected chi connectivity index (χ4v) is 3.45. The van der Waals surface area contributed by atoms with Gasteiger partial charge in [-0.15, -0.1) is 4.52 Å². The fraction of sp³-hybridized carbons (Fsp3) is 0.154. The van der Waals surface area contributed by atoms with Gasteiger partial charge in [-0.1, -0.05) is 103 Å². The average Bonchev–Trinajstić information content (AvgIpc) is 2.79. The van der Waals surface area contributed by atoms with Crippen LogP contribution in [0.3, 0.4) is 0 Å². The Morgan fingerprint density at radius 3 is 1.70 bits per heavy atom. The molecular formula is C26H25O3P. The van der Waals surface area contributed by atoms with E-state index in [9.17, 15) is 9.46 Å². The van der Waals surface area contributed by atoms with E-state index in [-0.39, 0.29) is 6.61 Å². The third-order valence-electron chi connectivity index (χ3n) is 4.79. The van der Waals surface area contributed by atoms with Gasteiger partial charge in [0.05, 0.1) is 0 Å². The van der Waals surface area contributed by atoms with Gasteiger partial charge in [0.15, 0.2) is 0 Å². The van der Waals surface area contributed by atoms with Crippen LogP contribution in [0.5, 0.6) is 0 Å². The van der Waals surface area contributed by atoms with Crippen LogP contribution in [0, 0.1) is 0 Å². The molecule has 0 aliphatic heterocycles. The summed E-state index contributed by atoms with van der Waals surface area (Å²) < 4.78 is 14.7. The molecule has 4 aromatic rings. The molecule has 1 atom stereocenters. The van der Waals surface area contributed by atoms with E-state index in [4.69, 9.17) is 0 Å². The molecule has 152 valence electrons. The maximum absolute atomic E-state index is 10.2. The van der Waals surface area contributed by atoms with Crippen molar-refractivity contribution in [1.82, 2.24) is 0 Å². The van der Waals surface area contributed by atoms with E-state index in [1.165, 1.54) is 16.5 Å². The Kier molecular flexibility index (Phi) is 8.74. The van der Waals surface area contributed by atoms with Crippen molar-refractivity contribution in [3.63, 3.8) is 0 Å². The second kappa shape index (κ2) is 12.0. The van der Waals surface area contributed by atoms with Crippen molar-refractivity contribution in [2.24, 2.45) is 0 Å². The highest BCUT2D eigenvalue weighted by Crippen LogP contribution is 2.17. The van der Waals surface area contributed by atoms with E-state index in [0.717, 1.165) is 23.8 Å². The number of fused-ring (bicyclic) bond motifs is 1. The summed E-state index contributed by atoms with van der Waals surface area (Å²) in [5.41, 5.74) is 3.91. The lowest BCUT2D eigenvalue weighted by molar-refractivity contribution is -0.185. The first-order valence-electron chi connectivity index (χ1n) is 10.0. The Hall–Kier alpha value is -2.84. The van der Waals surface area contributed by atoms with Gasteiger partial charge in [0, 0.05) is 6.42 Å². The molecule has 0 aliphatic rings. The minimum atomic E-state index is -2.73. The highest BCUT2D eigenvalue weighted by atomic mass is 31.1. The quantitative estimate of drug-likeness (QED) is 0.353. The first-order valence-corrected chi connectivity index (χ1v) is 11.1. The molecule has 0 amide bonds. The normalized spacial score (nSPS) is 10.9. The summed E-state index contributed by atoms with van der Waals surface area (Å²) in [6, 6.07) is 35.4. The zero-order valence-electron chi connectivity index (χ0n) is 16.8. The van der Waals surface area contributed by atoms with Crippen molar-refractivity contribution in [3.05, 3.63) is 120 Å². The van der Waals surface area contributed by atoms with Gasteiger partial charge in [0.1, 0.15) is 6.61 Å². The molecule has 0 fully saturated rings. The zero-order valence-corrected chi connectivity index (χ0v) is 17.7. The molecule has 0 heterocycles. The van der Waals surface area contributed by atoms with Crippen LogP contribution in [0.1, 0.15) is 16.7 Å². The van der Waals surface area contributed by atoms with Gasteiger partial charge in [-0.2, -0.15) is 0 Å². The van der Waals surface area contributed by atoms with Gasteiger partial charge in [0.2, 0.25) is 0 Å². The molecule has 0 spiro atoms. The molecule has 30 heavy (non-hydrogen) atoms. The van der Waals surface area contributed by atoms with Crippen molar-refractivity contribution in [2.45, 2.75) is 19.3 Å². The van der Waals surface area contributed by atoms with Crippen LogP contribution < -0.4 is 4.89 Å². The first kappa shape index (κ1) is 21.9. The summed E-state index contributed by atoms with van der Waals surface area (Å²) in [4.78, 5) is 10.2. The van der Waals surface area contributed by atoms with Crippen LogP contribution in [0.15, 0.2) is 103 Å². The number of hydrogen-bond donors (Lipinski definition) is 0. The maximum atomic E-state index is 10.2. The molecule has 0 bridgehead atoms. The third kappa shape index (κ3) is 7.53. The molecule has 0 saturated heterocycles. The van der Waals surface area contributed by atoms with Crippen molar-refractivity contribution < 1.29 is 14.0 Å². The van der Waals surface area contributed by atoms with E-state index < -0.39 is 8.25 Å². The van der Waals surface area contributed by atoms with Crippen molar-refractivity contribution in [2.75, 3.05) is 6.61 Å². The Morgan fingerprint density at radius 2 is 1.13 bits per heavy atom. The van der Waals surface area contributed by atoms with Gasteiger partial charge >= 0.3 is 8.25 Å². The van der Waals surface area contributed by atoms with Crippen molar-refractivity contribution in [3.8, 4) is 0 Å². The van der Waals surface area contributed by atoms with E-state index in [0.29, 0.717) is 6.42 Å². The molecule has 4 heteroatoms. The highest BCUT2D eigenvalue weighted by Gasteiger charge is 2.02. The standard InChI is InChI=1S/C14H14.C12H11O3P/c1-3-7-13(8-4-1)11-12-14-9-5-2-6-10-14;13-16(14)15-8-7-10-5-6-11-3-1-2-4-12(11)9-10/h1-10H,11-12H2;1-6,9H,7-8H2. The lowest BCUT2D eigenvalue weighted by Gasteiger charge is -2.01. The molecule has 1 unspecified atom stereocenters. The van der Waals surface area contributed by atoms with Crippen LogP contribution in [-0.4, -0.2) is 6.61 Å². The van der Waals surface area contributed by atoms with Gasteiger partial charge in [-0.05, 0) is 44.9 Å². The molecule has 0 aliphatic carbocycles. The lowest BCUT2D eigenvalue weighted by Crippen LogP contribution is -1.97. The number of rotatable bonds is 7. The molecule has 0 saturated carbocycles. The van der Waals surface area contributed by atoms with Gasteiger partial charge in [-0.25, -0.2) is 0 Å². The van der Waals surface area contributed by atoms with E-state index in [2.05, 4.69) is 71.3 Å². The summed E-state index contributed by atoms with van der Waals surface area (Å²) in [5.74, 6) is 0. The van der Waals surface area contributed by atoms with Crippen LogP contribution in [0.2, 0.25) is 0 Å². The molecular weight excluding hydrogens is 391 g/mol. The highest BCUT2D eigenvalue weighted by molar-refractivity contribution is 7.30. The molecule has 0 N–H and O–H groups in total. The molecule has 4 aromatic carbocycles. The predicted octanol–water partition coefficient (Wildman–Crippen LogP) is 5.89. The monoisotopic (exact) mass is 416 g/mol. The smallest absolute Gasteiger partial charge is 0.488 e. The summed E-state index contributed by atoms with van der Waals surface area (Å²) in [7, 11) is -2.73. The molecule has 3 nitrogen and oxygen atoms in total. The van der Waals surface area contributed by atoms with Crippen LogP contribution in [0.4, 0.5) is 0 Å². The Morgan fingerprint density at radius 1 is 0.600 bits per heavy atom. The second-order valence-corrected chi connectivity index (χ2v) is 7.66. The van der Waals surface area contributed by atoms with Gasteiger partial charge < -0.3 is 4.89 Å². The van der Waals surface area contributed by atoms with E-state index >= 15 is 0 Å². The zero-order chi connectivity index (χ0) is 21.0. The van der Waals surface area contributed by atoms with Crippen LogP contribution >= 0.6 is 8.25 Å². The van der Waals surface area contributed by atoms with Crippen molar-refractivity contribution >= 4 is 19.0 Å². The number of benzene rings is 4. The largest absolute Gasteiger partial charge is 0.566 e. The molecule has 0 aromatic heterocycles. The molecule has 0 radical (unpaired) electrons. The van der Waals surface area contributed by atoms with Crippen molar-refractivity contribution in [1.29, 1.82) is 0 Å². The van der Waals surface area contributed by atoms with Crippen LogP contribution in [0.25, 0.3) is 10.8 Å². The predicted molar refractivity (Wildman–Crippen MR) is 122 cm³/mol. The maximum Gasteiger partial charge on any atom is 0.488 e. The minimum Gasteiger partial charge on any atom is -0.566 e.